The molecule has 0 bridgehead atoms. The Morgan fingerprint density at radius 2 is 1.95 bits per heavy atom. The van der Waals surface area contributed by atoms with Gasteiger partial charge in [0.2, 0.25) is 0 Å². The molecule has 0 aliphatic rings. The van der Waals surface area contributed by atoms with Gasteiger partial charge in [-0.05, 0) is 40.7 Å². The molecule has 0 saturated heterocycles. The SMILES string of the molecule is CCNCc1ccc(COc2cc(Cl)c(Br)cc2Cl)o1. The molecule has 0 unspecified atom stereocenters. The van der Waals surface area contributed by atoms with E-state index in [-0.39, 0.29) is 0 Å². The van der Waals surface area contributed by atoms with Crippen molar-refractivity contribution in [2.24, 2.45) is 0 Å². The number of benzene rings is 1. The molecule has 108 valence electrons. The van der Waals surface area contributed by atoms with Gasteiger partial charge in [0.25, 0.3) is 0 Å². The Balaban J connectivity index is 1.98. The van der Waals surface area contributed by atoms with Crippen molar-refractivity contribution in [2.75, 3.05) is 6.54 Å². The van der Waals surface area contributed by atoms with Gasteiger partial charge in [-0.2, -0.15) is 0 Å². The lowest BCUT2D eigenvalue weighted by molar-refractivity contribution is 0.265. The fraction of sp³-hybridized carbons (Fsp3) is 0.286. The van der Waals surface area contributed by atoms with Crippen LogP contribution in [0.2, 0.25) is 10.0 Å². The van der Waals surface area contributed by atoms with Crippen LogP contribution in [0.15, 0.2) is 33.2 Å². The number of halogens is 3. The molecule has 0 aliphatic heterocycles. The summed E-state index contributed by atoms with van der Waals surface area (Å²) < 4.78 is 12.0. The minimum absolute atomic E-state index is 0.309. The predicted octanol–water partition coefficient (Wildman–Crippen LogP) is 5.04. The summed E-state index contributed by atoms with van der Waals surface area (Å²) >= 11 is 15.4. The molecule has 0 spiro atoms. The van der Waals surface area contributed by atoms with Crippen molar-refractivity contribution >= 4 is 39.1 Å². The third-order valence-corrected chi connectivity index (χ3v) is 4.10. The second-order valence-electron chi connectivity index (χ2n) is 4.13. The van der Waals surface area contributed by atoms with Crippen molar-refractivity contribution in [1.82, 2.24) is 5.32 Å². The second-order valence-corrected chi connectivity index (χ2v) is 5.80. The molecule has 6 heteroatoms. The van der Waals surface area contributed by atoms with E-state index in [1.54, 1.807) is 12.1 Å². The number of hydrogen-bond acceptors (Lipinski definition) is 3. The molecule has 0 radical (unpaired) electrons. The molecule has 20 heavy (non-hydrogen) atoms. The summed E-state index contributed by atoms with van der Waals surface area (Å²) in [5.74, 6) is 2.16. The van der Waals surface area contributed by atoms with E-state index < -0.39 is 0 Å². The van der Waals surface area contributed by atoms with Crippen LogP contribution in [0.1, 0.15) is 18.4 Å². The van der Waals surface area contributed by atoms with Crippen molar-refractivity contribution in [1.29, 1.82) is 0 Å². The van der Waals surface area contributed by atoms with Gasteiger partial charge in [0.05, 0.1) is 16.6 Å². The van der Waals surface area contributed by atoms with Crippen LogP contribution in [-0.4, -0.2) is 6.54 Å². The van der Waals surface area contributed by atoms with E-state index >= 15 is 0 Å². The van der Waals surface area contributed by atoms with Crippen LogP contribution in [0, 0.1) is 0 Å². The zero-order valence-corrected chi connectivity index (χ0v) is 14.0. The van der Waals surface area contributed by atoms with Crippen LogP contribution in [0.25, 0.3) is 0 Å². The topological polar surface area (TPSA) is 34.4 Å². The van der Waals surface area contributed by atoms with Crippen LogP contribution in [0.5, 0.6) is 5.75 Å². The van der Waals surface area contributed by atoms with E-state index in [0.29, 0.717) is 28.9 Å². The van der Waals surface area contributed by atoms with E-state index in [1.807, 2.05) is 19.1 Å². The number of nitrogens with one attached hydrogen (secondary N) is 1. The van der Waals surface area contributed by atoms with Crippen LogP contribution >= 0.6 is 39.1 Å². The molecule has 1 N–H and O–H groups in total. The second kappa shape index (κ2) is 7.36. The minimum Gasteiger partial charge on any atom is -0.484 e. The third-order valence-electron chi connectivity index (χ3n) is 2.61. The Morgan fingerprint density at radius 1 is 1.20 bits per heavy atom. The molecule has 0 saturated carbocycles. The van der Waals surface area contributed by atoms with Crippen molar-refractivity contribution < 1.29 is 9.15 Å². The standard InChI is InChI=1S/C14H14BrCl2NO2/c1-2-18-7-9-3-4-10(20-9)8-19-14-6-12(16)11(15)5-13(14)17/h3-6,18H,2,7-8H2,1H3. The molecule has 1 heterocycles. The molecule has 0 amide bonds. The zero-order chi connectivity index (χ0) is 14.5. The highest BCUT2D eigenvalue weighted by molar-refractivity contribution is 9.10. The molecule has 1 aromatic heterocycles. The molecule has 2 aromatic rings. The quantitative estimate of drug-likeness (QED) is 0.715. The summed E-state index contributed by atoms with van der Waals surface area (Å²) in [6.45, 7) is 3.97. The summed E-state index contributed by atoms with van der Waals surface area (Å²) in [6.07, 6.45) is 0. The van der Waals surface area contributed by atoms with Gasteiger partial charge in [-0.3, -0.25) is 0 Å². The van der Waals surface area contributed by atoms with Gasteiger partial charge in [0.1, 0.15) is 23.9 Å². The van der Waals surface area contributed by atoms with Gasteiger partial charge in [0, 0.05) is 10.5 Å². The molecule has 1 aromatic carbocycles. The van der Waals surface area contributed by atoms with Crippen molar-refractivity contribution in [3.8, 4) is 5.75 Å². The highest BCUT2D eigenvalue weighted by Gasteiger charge is 2.08. The fourth-order valence-corrected chi connectivity index (χ4v) is 2.45. The van der Waals surface area contributed by atoms with Crippen LogP contribution in [0.3, 0.4) is 0 Å². The first-order chi connectivity index (χ1) is 9.60. The first-order valence-corrected chi connectivity index (χ1v) is 7.70. The first-order valence-electron chi connectivity index (χ1n) is 6.15. The van der Waals surface area contributed by atoms with E-state index in [0.717, 1.165) is 22.5 Å². The summed E-state index contributed by atoms with van der Waals surface area (Å²) in [7, 11) is 0. The first kappa shape index (κ1) is 15.7. The van der Waals surface area contributed by atoms with Gasteiger partial charge < -0.3 is 14.5 Å². The molecule has 3 nitrogen and oxygen atoms in total. The van der Waals surface area contributed by atoms with Crippen molar-refractivity contribution in [2.45, 2.75) is 20.1 Å². The van der Waals surface area contributed by atoms with Crippen LogP contribution < -0.4 is 10.1 Å². The lowest BCUT2D eigenvalue weighted by atomic mass is 10.3. The Morgan fingerprint density at radius 3 is 2.70 bits per heavy atom. The summed E-state index contributed by atoms with van der Waals surface area (Å²) in [4.78, 5) is 0. The van der Waals surface area contributed by atoms with Gasteiger partial charge in [-0.1, -0.05) is 30.1 Å². The maximum Gasteiger partial charge on any atom is 0.146 e. The Bertz CT molecular complexity index is 587. The average Bonchev–Trinajstić information content (AvgIpc) is 2.87. The molecule has 2 rings (SSSR count). The maximum absolute atomic E-state index is 6.09. The fourth-order valence-electron chi connectivity index (χ4n) is 1.61. The predicted molar refractivity (Wildman–Crippen MR) is 84.6 cm³/mol. The number of furan rings is 1. The van der Waals surface area contributed by atoms with Gasteiger partial charge in [-0.25, -0.2) is 0 Å². The maximum atomic E-state index is 6.09. The molecule has 0 atom stereocenters. The monoisotopic (exact) mass is 377 g/mol. The highest BCUT2D eigenvalue weighted by atomic mass is 79.9. The Kier molecular flexibility index (Phi) is 5.78. The zero-order valence-electron chi connectivity index (χ0n) is 10.9. The Labute approximate surface area is 136 Å². The molecular formula is C14H14BrCl2NO2. The largest absolute Gasteiger partial charge is 0.484 e. The minimum atomic E-state index is 0.309. The number of hydrogen-bond donors (Lipinski definition) is 1. The van der Waals surface area contributed by atoms with E-state index in [2.05, 4.69) is 21.2 Å². The van der Waals surface area contributed by atoms with Crippen LogP contribution in [-0.2, 0) is 13.2 Å². The summed E-state index contributed by atoms with van der Waals surface area (Å²) in [5.41, 5.74) is 0. The van der Waals surface area contributed by atoms with E-state index in [4.69, 9.17) is 32.4 Å². The van der Waals surface area contributed by atoms with E-state index in [9.17, 15) is 0 Å². The van der Waals surface area contributed by atoms with E-state index in [1.165, 1.54) is 0 Å². The smallest absolute Gasteiger partial charge is 0.146 e. The average molecular weight is 379 g/mol. The van der Waals surface area contributed by atoms with Crippen molar-refractivity contribution in [3.63, 3.8) is 0 Å². The lowest BCUT2D eigenvalue weighted by Crippen LogP contribution is -2.10. The van der Waals surface area contributed by atoms with Crippen LogP contribution in [0.4, 0.5) is 0 Å². The Hall–Kier alpha value is -0.680. The molecule has 0 fully saturated rings. The molecule has 0 aliphatic carbocycles. The lowest BCUT2D eigenvalue weighted by Gasteiger charge is -2.08. The third kappa shape index (κ3) is 4.16. The highest BCUT2D eigenvalue weighted by Crippen LogP contribution is 2.34. The summed E-state index contributed by atoms with van der Waals surface area (Å²) in [5, 5.41) is 4.25. The van der Waals surface area contributed by atoms with Gasteiger partial charge >= 0.3 is 0 Å². The number of ether oxygens (including phenoxy) is 1. The number of rotatable bonds is 6. The van der Waals surface area contributed by atoms with Crippen molar-refractivity contribution in [3.05, 3.63) is 50.3 Å². The van der Waals surface area contributed by atoms with Gasteiger partial charge in [-0.15, -0.1) is 0 Å². The summed E-state index contributed by atoms with van der Waals surface area (Å²) in [6, 6.07) is 7.20. The van der Waals surface area contributed by atoms with Gasteiger partial charge in [0.15, 0.2) is 0 Å². The molecular weight excluding hydrogens is 365 g/mol. The normalized spacial score (nSPS) is 10.8.